The molecule has 1 fully saturated rings. The van der Waals surface area contributed by atoms with Gasteiger partial charge in [0.1, 0.15) is 0 Å². The minimum absolute atomic E-state index is 0.604. The van der Waals surface area contributed by atoms with Crippen molar-refractivity contribution >= 4 is 0 Å². The molecule has 3 nitrogen and oxygen atoms in total. The summed E-state index contributed by atoms with van der Waals surface area (Å²) in [6.45, 7) is 5.01. The molecule has 0 saturated carbocycles. The van der Waals surface area contributed by atoms with Crippen LogP contribution in [0.15, 0.2) is 0 Å². The number of hydrogen-bond donors (Lipinski definition) is 0. The second-order valence-electron chi connectivity index (χ2n) is 3.21. The molecule has 0 spiro atoms. The molecule has 1 aliphatic heterocycles. The molecule has 1 unspecified atom stereocenters. The first-order valence-electron chi connectivity index (χ1n) is 4.13. The summed E-state index contributed by atoms with van der Waals surface area (Å²) >= 11 is 0. The molecule has 0 aliphatic carbocycles. The maximum absolute atomic E-state index is 5.10. The standard InChI is InChI=1S/C8H17N2O/c1-10-4-3-9-5-8(6-10)7-11-2/h8H,3-7H2,1-2H3. The molecule has 1 aliphatic rings. The summed E-state index contributed by atoms with van der Waals surface area (Å²) in [5.41, 5.74) is 0. The lowest BCUT2D eigenvalue weighted by Crippen LogP contribution is -2.28. The van der Waals surface area contributed by atoms with Crippen molar-refractivity contribution in [1.29, 1.82) is 0 Å². The molecule has 0 amide bonds. The molecule has 1 rings (SSSR count). The molecule has 0 aromatic carbocycles. The van der Waals surface area contributed by atoms with Crippen LogP contribution in [0.4, 0.5) is 0 Å². The highest BCUT2D eigenvalue weighted by atomic mass is 16.5. The summed E-state index contributed by atoms with van der Waals surface area (Å²) in [5, 5.41) is 4.40. The van der Waals surface area contributed by atoms with Crippen LogP contribution in [-0.4, -0.2) is 51.8 Å². The molecular weight excluding hydrogens is 140 g/mol. The Morgan fingerprint density at radius 3 is 3.18 bits per heavy atom. The van der Waals surface area contributed by atoms with E-state index in [9.17, 15) is 0 Å². The van der Waals surface area contributed by atoms with Gasteiger partial charge in [0.2, 0.25) is 0 Å². The number of likely N-dealkylation sites (N-methyl/N-ethyl adjacent to an activating group) is 1. The van der Waals surface area contributed by atoms with E-state index in [2.05, 4.69) is 17.3 Å². The van der Waals surface area contributed by atoms with Gasteiger partial charge in [-0.15, -0.1) is 0 Å². The van der Waals surface area contributed by atoms with Gasteiger partial charge in [-0.25, -0.2) is 5.32 Å². The first-order chi connectivity index (χ1) is 5.33. The summed E-state index contributed by atoms with van der Waals surface area (Å²) in [6.07, 6.45) is 0. The molecule has 0 bridgehead atoms. The van der Waals surface area contributed by atoms with Crippen molar-refractivity contribution in [1.82, 2.24) is 10.2 Å². The Labute approximate surface area is 68.7 Å². The lowest BCUT2D eigenvalue weighted by molar-refractivity contribution is 0.138. The van der Waals surface area contributed by atoms with E-state index < -0.39 is 0 Å². The van der Waals surface area contributed by atoms with Crippen molar-refractivity contribution in [2.24, 2.45) is 5.92 Å². The van der Waals surface area contributed by atoms with Crippen LogP contribution < -0.4 is 5.32 Å². The van der Waals surface area contributed by atoms with Crippen LogP contribution in [-0.2, 0) is 4.74 Å². The van der Waals surface area contributed by atoms with Gasteiger partial charge in [0.15, 0.2) is 0 Å². The van der Waals surface area contributed by atoms with E-state index in [1.807, 2.05) is 0 Å². The van der Waals surface area contributed by atoms with Crippen molar-refractivity contribution in [3.63, 3.8) is 0 Å². The van der Waals surface area contributed by atoms with Gasteiger partial charge in [-0.1, -0.05) is 0 Å². The van der Waals surface area contributed by atoms with Crippen molar-refractivity contribution in [3.05, 3.63) is 0 Å². The predicted octanol–water partition coefficient (Wildman–Crippen LogP) is -0.201. The van der Waals surface area contributed by atoms with E-state index in [0.717, 1.165) is 32.8 Å². The molecule has 3 heteroatoms. The zero-order valence-electron chi connectivity index (χ0n) is 7.42. The van der Waals surface area contributed by atoms with Crippen LogP contribution in [0.1, 0.15) is 0 Å². The molecule has 1 heterocycles. The molecule has 11 heavy (non-hydrogen) atoms. The number of rotatable bonds is 2. The third-order valence-electron chi connectivity index (χ3n) is 2.00. The average Bonchev–Trinajstić information content (AvgIpc) is 2.15. The molecular formula is C8H17N2O. The SMILES string of the molecule is COCC1C[N]CCN(C)C1. The quantitative estimate of drug-likeness (QED) is 0.555. The molecule has 1 saturated heterocycles. The maximum atomic E-state index is 5.10. The van der Waals surface area contributed by atoms with Crippen LogP contribution in [0.5, 0.6) is 0 Å². The minimum Gasteiger partial charge on any atom is -0.384 e. The fourth-order valence-electron chi connectivity index (χ4n) is 1.45. The van der Waals surface area contributed by atoms with E-state index in [4.69, 9.17) is 4.74 Å². The van der Waals surface area contributed by atoms with Crippen molar-refractivity contribution < 1.29 is 4.74 Å². The Morgan fingerprint density at radius 1 is 1.64 bits per heavy atom. The first-order valence-corrected chi connectivity index (χ1v) is 4.13. The molecule has 0 aromatic rings. The average molecular weight is 157 g/mol. The second-order valence-corrected chi connectivity index (χ2v) is 3.21. The smallest absolute Gasteiger partial charge is 0.0515 e. The van der Waals surface area contributed by atoms with E-state index in [1.54, 1.807) is 7.11 Å². The summed E-state index contributed by atoms with van der Waals surface area (Å²) in [5.74, 6) is 0.604. The van der Waals surface area contributed by atoms with Crippen LogP contribution in [0.2, 0.25) is 0 Å². The number of hydrogen-bond acceptors (Lipinski definition) is 2. The van der Waals surface area contributed by atoms with Crippen molar-refractivity contribution in [2.45, 2.75) is 0 Å². The van der Waals surface area contributed by atoms with Crippen molar-refractivity contribution in [3.8, 4) is 0 Å². The molecule has 1 radical (unpaired) electrons. The highest BCUT2D eigenvalue weighted by Gasteiger charge is 2.14. The fraction of sp³-hybridized carbons (Fsp3) is 1.00. The number of methoxy groups -OCH3 is 1. The predicted molar refractivity (Wildman–Crippen MR) is 44.7 cm³/mol. The number of ether oxygens (including phenoxy) is 1. The Balaban J connectivity index is 2.27. The summed E-state index contributed by atoms with van der Waals surface area (Å²) in [6, 6.07) is 0. The third kappa shape index (κ3) is 3.18. The largest absolute Gasteiger partial charge is 0.384 e. The van der Waals surface area contributed by atoms with Gasteiger partial charge in [0.05, 0.1) is 6.61 Å². The lowest BCUT2D eigenvalue weighted by atomic mass is 10.1. The highest BCUT2D eigenvalue weighted by Crippen LogP contribution is 2.02. The molecule has 1 atom stereocenters. The van der Waals surface area contributed by atoms with Gasteiger partial charge in [0, 0.05) is 39.2 Å². The van der Waals surface area contributed by atoms with Gasteiger partial charge >= 0.3 is 0 Å². The monoisotopic (exact) mass is 157 g/mol. The van der Waals surface area contributed by atoms with E-state index >= 15 is 0 Å². The Kier molecular flexibility index (Phi) is 3.83. The zero-order valence-corrected chi connectivity index (χ0v) is 7.42. The lowest BCUT2D eigenvalue weighted by Gasteiger charge is -2.17. The summed E-state index contributed by atoms with van der Waals surface area (Å²) in [4.78, 5) is 2.32. The Hall–Kier alpha value is -0.120. The van der Waals surface area contributed by atoms with Crippen LogP contribution in [0, 0.1) is 5.92 Å². The van der Waals surface area contributed by atoms with Gasteiger partial charge in [-0.3, -0.25) is 0 Å². The summed E-state index contributed by atoms with van der Waals surface area (Å²) < 4.78 is 5.10. The topological polar surface area (TPSA) is 26.6 Å². The Bertz CT molecular complexity index is 108. The molecule has 0 aromatic heterocycles. The van der Waals surface area contributed by atoms with Gasteiger partial charge in [-0.05, 0) is 7.05 Å². The summed E-state index contributed by atoms with van der Waals surface area (Å²) in [7, 11) is 3.90. The number of nitrogens with zero attached hydrogens (tertiary/aromatic N) is 2. The van der Waals surface area contributed by atoms with Gasteiger partial charge < -0.3 is 9.64 Å². The van der Waals surface area contributed by atoms with E-state index in [-0.39, 0.29) is 0 Å². The van der Waals surface area contributed by atoms with Crippen LogP contribution in [0.25, 0.3) is 0 Å². The van der Waals surface area contributed by atoms with Gasteiger partial charge in [-0.2, -0.15) is 0 Å². The van der Waals surface area contributed by atoms with E-state index in [0.29, 0.717) is 5.92 Å². The van der Waals surface area contributed by atoms with Crippen LogP contribution >= 0.6 is 0 Å². The Morgan fingerprint density at radius 2 is 2.45 bits per heavy atom. The van der Waals surface area contributed by atoms with E-state index in [1.165, 1.54) is 0 Å². The maximum Gasteiger partial charge on any atom is 0.0515 e. The first kappa shape index (κ1) is 8.97. The third-order valence-corrected chi connectivity index (χ3v) is 2.00. The van der Waals surface area contributed by atoms with Gasteiger partial charge in [0.25, 0.3) is 0 Å². The minimum atomic E-state index is 0.604. The molecule has 65 valence electrons. The zero-order chi connectivity index (χ0) is 8.10. The second kappa shape index (κ2) is 4.70. The highest BCUT2D eigenvalue weighted by molar-refractivity contribution is 4.70. The normalized spacial score (nSPS) is 28.4. The molecule has 0 N–H and O–H groups in total. The van der Waals surface area contributed by atoms with Crippen molar-refractivity contribution in [2.75, 3.05) is 46.9 Å². The fourth-order valence-corrected chi connectivity index (χ4v) is 1.45. The van der Waals surface area contributed by atoms with Crippen LogP contribution in [0.3, 0.4) is 0 Å².